The van der Waals surface area contributed by atoms with Crippen LogP contribution in [0.1, 0.15) is 28.9 Å². The summed E-state index contributed by atoms with van der Waals surface area (Å²) in [5, 5.41) is 3.24. The van der Waals surface area contributed by atoms with Gasteiger partial charge in [0.25, 0.3) is 0 Å². The molecule has 1 aliphatic rings. The Morgan fingerprint density at radius 3 is 2.70 bits per heavy atom. The third kappa shape index (κ3) is 3.28. The molecule has 5 heteroatoms. The van der Waals surface area contributed by atoms with Gasteiger partial charge in [0.15, 0.2) is 0 Å². The first-order valence-corrected chi connectivity index (χ1v) is 7.11. The molecule has 0 radical (unpaired) electrons. The van der Waals surface area contributed by atoms with E-state index in [-0.39, 0.29) is 5.97 Å². The van der Waals surface area contributed by atoms with Crippen LogP contribution in [0.5, 0.6) is 0 Å². The van der Waals surface area contributed by atoms with E-state index in [2.05, 4.69) is 15.2 Å². The van der Waals surface area contributed by atoms with Gasteiger partial charge in [-0.25, -0.2) is 9.78 Å². The van der Waals surface area contributed by atoms with Gasteiger partial charge in [0.05, 0.1) is 18.4 Å². The zero-order valence-corrected chi connectivity index (χ0v) is 12.5. The van der Waals surface area contributed by atoms with E-state index in [0.29, 0.717) is 5.56 Å². The minimum absolute atomic E-state index is 0.325. The van der Waals surface area contributed by atoms with E-state index in [1.165, 1.54) is 20.0 Å². The predicted molar refractivity (Wildman–Crippen MR) is 79.2 cm³/mol. The van der Waals surface area contributed by atoms with Crippen molar-refractivity contribution in [3.05, 3.63) is 23.4 Å². The molecule has 1 aromatic rings. The first kappa shape index (κ1) is 14.8. The number of piperidine rings is 1. The van der Waals surface area contributed by atoms with Crippen molar-refractivity contribution in [3.8, 4) is 0 Å². The van der Waals surface area contributed by atoms with Crippen molar-refractivity contribution in [2.24, 2.45) is 5.92 Å². The molecule has 0 spiro atoms. The molecular weight excluding hydrogens is 254 g/mol. The summed E-state index contributed by atoms with van der Waals surface area (Å²) < 4.78 is 4.74. The summed E-state index contributed by atoms with van der Waals surface area (Å²) in [5.74, 6) is 1.39. The minimum atomic E-state index is -0.325. The fraction of sp³-hybridized carbons (Fsp3) is 0.600. The van der Waals surface area contributed by atoms with E-state index >= 15 is 0 Å². The molecule has 0 atom stereocenters. The molecule has 1 N–H and O–H groups in total. The van der Waals surface area contributed by atoms with Crippen LogP contribution in [0.3, 0.4) is 0 Å². The fourth-order valence-corrected chi connectivity index (χ4v) is 2.70. The average molecular weight is 277 g/mol. The Labute approximate surface area is 120 Å². The van der Waals surface area contributed by atoms with Crippen LogP contribution >= 0.6 is 0 Å². The summed E-state index contributed by atoms with van der Waals surface area (Å²) in [6, 6.07) is 3.72. The lowest BCUT2D eigenvalue weighted by Crippen LogP contribution is -2.37. The molecule has 2 heterocycles. The maximum Gasteiger partial charge on any atom is 0.339 e. The van der Waals surface area contributed by atoms with Gasteiger partial charge in [-0.3, -0.25) is 0 Å². The van der Waals surface area contributed by atoms with Crippen LogP contribution in [-0.2, 0) is 4.74 Å². The standard InChI is InChI=1S/C15H23N3O2/c1-11-13(15(19)20-3)4-5-14(17-11)18-8-6-12(7-9-18)10-16-2/h4-5,12,16H,6-10H2,1-3H3. The van der Waals surface area contributed by atoms with Crippen molar-refractivity contribution in [1.29, 1.82) is 0 Å². The summed E-state index contributed by atoms with van der Waals surface area (Å²) in [4.78, 5) is 18.4. The number of carbonyl (C=O) groups excluding carboxylic acids is 1. The van der Waals surface area contributed by atoms with E-state index in [1.807, 2.05) is 26.1 Å². The smallest absolute Gasteiger partial charge is 0.339 e. The van der Waals surface area contributed by atoms with Crippen LogP contribution in [0.2, 0.25) is 0 Å². The number of nitrogens with zero attached hydrogens (tertiary/aromatic N) is 2. The SMILES string of the molecule is CNCC1CCN(c2ccc(C(=O)OC)c(C)n2)CC1. The molecule has 5 nitrogen and oxygen atoms in total. The van der Waals surface area contributed by atoms with Gasteiger partial charge in [-0.2, -0.15) is 0 Å². The van der Waals surface area contributed by atoms with Gasteiger partial charge >= 0.3 is 5.97 Å². The van der Waals surface area contributed by atoms with Crippen molar-refractivity contribution < 1.29 is 9.53 Å². The monoisotopic (exact) mass is 277 g/mol. The van der Waals surface area contributed by atoms with E-state index in [9.17, 15) is 4.79 Å². The number of carbonyl (C=O) groups is 1. The van der Waals surface area contributed by atoms with Crippen molar-refractivity contribution in [2.75, 3.05) is 38.7 Å². The number of ether oxygens (including phenoxy) is 1. The molecule has 1 fully saturated rings. The quantitative estimate of drug-likeness (QED) is 0.847. The molecule has 1 aromatic heterocycles. The predicted octanol–water partition coefficient (Wildman–Crippen LogP) is 1.61. The number of nitrogens with one attached hydrogen (secondary N) is 1. The Morgan fingerprint density at radius 1 is 1.45 bits per heavy atom. The van der Waals surface area contributed by atoms with Crippen molar-refractivity contribution >= 4 is 11.8 Å². The highest BCUT2D eigenvalue weighted by molar-refractivity contribution is 5.90. The average Bonchev–Trinajstić information content (AvgIpc) is 2.47. The highest BCUT2D eigenvalue weighted by Gasteiger charge is 2.20. The summed E-state index contributed by atoms with van der Waals surface area (Å²) in [7, 11) is 3.39. The van der Waals surface area contributed by atoms with Gasteiger partial charge in [-0.1, -0.05) is 0 Å². The van der Waals surface area contributed by atoms with Gasteiger partial charge < -0.3 is 15.0 Å². The van der Waals surface area contributed by atoms with E-state index in [4.69, 9.17) is 4.74 Å². The topological polar surface area (TPSA) is 54.5 Å². The van der Waals surface area contributed by atoms with Crippen LogP contribution in [-0.4, -0.2) is 44.7 Å². The molecule has 110 valence electrons. The highest BCUT2D eigenvalue weighted by Crippen LogP contribution is 2.22. The molecule has 0 aromatic carbocycles. The molecule has 0 aliphatic carbocycles. The second-order valence-electron chi connectivity index (χ2n) is 5.28. The Kier molecular flexibility index (Phi) is 4.95. The van der Waals surface area contributed by atoms with E-state index < -0.39 is 0 Å². The fourth-order valence-electron chi connectivity index (χ4n) is 2.70. The second-order valence-corrected chi connectivity index (χ2v) is 5.28. The molecule has 0 saturated carbocycles. The van der Waals surface area contributed by atoms with Crippen LogP contribution in [0.4, 0.5) is 5.82 Å². The molecule has 2 rings (SSSR count). The van der Waals surface area contributed by atoms with E-state index in [0.717, 1.165) is 37.1 Å². The number of hydrogen-bond donors (Lipinski definition) is 1. The Balaban J connectivity index is 2.04. The molecule has 1 saturated heterocycles. The maximum absolute atomic E-state index is 11.6. The summed E-state index contributed by atoms with van der Waals surface area (Å²) in [5.41, 5.74) is 1.27. The number of methoxy groups -OCH3 is 1. The van der Waals surface area contributed by atoms with Gasteiger partial charge in [-0.05, 0) is 51.4 Å². The van der Waals surface area contributed by atoms with Crippen LogP contribution < -0.4 is 10.2 Å². The minimum Gasteiger partial charge on any atom is -0.465 e. The molecule has 0 amide bonds. The Morgan fingerprint density at radius 2 is 2.15 bits per heavy atom. The number of pyridine rings is 1. The first-order chi connectivity index (χ1) is 9.65. The number of aryl methyl sites for hydroxylation is 1. The first-order valence-electron chi connectivity index (χ1n) is 7.11. The zero-order chi connectivity index (χ0) is 14.5. The zero-order valence-electron chi connectivity index (χ0n) is 12.5. The highest BCUT2D eigenvalue weighted by atomic mass is 16.5. The Bertz CT molecular complexity index is 468. The van der Waals surface area contributed by atoms with E-state index in [1.54, 1.807) is 0 Å². The molecular formula is C15H23N3O2. The summed E-state index contributed by atoms with van der Waals surface area (Å²) >= 11 is 0. The lowest BCUT2D eigenvalue weighted by Gasteiger charge is -2.33. The van der Waals surface area contributed by atoms with Gasteiger partial charge in [0, 0.05) is 13.1 Å². The molecule has 1 aliphatic heterocycles. The molecule has 20 heavy (non-hydrogen) atoms. The van der Waals surface area contributed by atoms with Crippen molar-refractivity contribution in [1.82, 2.24) is 10.3 Å². The maximum atomic E-state index is 11.6. The lowest BCUT2D eigenvalue weighted by atomic mass is 9.97. The van der Waals surface area contributed by atoms with Crippen LogP contribution in [0.25, 0.3) is 0 Å². The number of esters is 1. The van der Waals surface area contributed by atoms with Crippen LogP contribution in [0, 0.1) is 12.8 Å². The number of anilines is 1. The number of rotatable bonds is 4. The Hall–Kier alpha value is -1.62. The van der Waals surface area contributed by atoms with Gasteiger partial charge in [0.1, 0.15) is 5.82 Å². The summed E-state index contributed by atoms with van der Waals surface area (Å²) in [6.45, 7) is 4.98. The third-order valence-corrected chi connectivity index (χ3v) is 3.91. The lowest BCUT2D eigenvalue weighted by molar-refractivity contribution is 0.0599. The normalized spacial score (nSPS) is 16.2. The number of aromatic nitrogens is 1. The number of hydrogen-bond acceptors (Lipinski definition) is 5. The largest absolute Gasteiger partial charge is 0.465 e. The molecule has 0 bridgehead atoms. The van der Waals surface area contributed by atoms with Gasteiger partial charge in [-0.15, -0.1) is 0 Å². The van der Waals surface area contributed by atoms with Crippen LogP contribution in [0.15, 0.2) is 12.1 Å². The summed E-state index contributed by atoms with van der Waals surface area (Å²) in [6.07, 6.45) is 2.36. The second kappa shape index (κ2) is 6.70. The van der Waals surface area contributed by atoms with Crippen molar-refractivity contribution in [2.45, 2.75) is 19.8 Å². The van der Waals surface area contributed by atoms with Gasteiger partial charge in [0.2, 0.25) is 0 Å². The molecule has 0 unspecified atom stereocenters. The van der Waals surface area contributed by atoms with Crippen molar-refractivity contribution in [3.63, 3.8) is 0 Å². The third-order valence-electron chi connectivity index (χ3n) is 3.91.